The van der Waals surface area contributed by atoms with Crippen LogP contribution in [0, 0.1) is 5.92 Å². The van der Waals surface area contributed by atoms with E-state index in [2.05, 4.69) is 5.32 Å². The summed E-state index contributed by atoms with van der Waals surface area (Å²) in [6.07, 6.45) is 0.500. The Hall–Kier alpha value is -2.04. The number of nitrogens with one attached hydrogen (secondary N) is 1. The van der Waals surface area contributed by atoms with E-state index in [-0.39, 0.29) is 24.4 Å². The summed E-state index contributed by atoms with van der Waals surface area (Å²) in [4.78, 5) is 23.1. The van der Waals surface area contributed by atoms with Gasteiger partial charge in [-0.1, -0.05) is 19.1 Å². The van der Waals surface area contributed by atoms with Crippen LogP contribution < -0.4 is 10.1 Å². The van der Waals surface area contributed by atoms with Gasteiger partial charge in [0.05, 0.1) is 7.11 Å². The lowest BCUT2D eigenvalue weighted by Crippen LogP contribution is -2.34. The van der Waals surface area contributed by atoms with Gasteiger partial charge in [0.25, 0.3) is 0 Å². The van der Waals surface area contributed by atoms with Gasteiger partial charge in [0, 0.05) is 5.92 Å². The third-order valence-electron chi connectivity index (χ3n) is 3.18. The van der Waals surface area contributed by atoms with Gasteiger partial charge in [-0.25, -0.2) is 4.79 Å². The largest absolute Gasteiger partial charge is 0.497 e. The van der Waals surface area contributed by atoms with Crippen LogP contribution in [-0.2, 0) is 20.9 Å². The number of esters is 1. The van der Waals surface area contributed by atoms with E-state index in [1.54, 1.807) is 14.0 Å². The van der Waals surface area contributed by atoms with Gasteiger partial charge in [0.1, 0.15) is 18.4 Å². The van der Waals surface area contributed by atoms with Crippen molar-refractivity contribution < 1.29 is 19.1 Å². The quantitative estimate of drug-likeness (QED) is 0.831. The van der Waals surface area contributed by atoms with Crippen LogP contribution in [0.5, 0.6) is 5.75 Å². The normalized spacial score (nSPS) is 21.9. The summed E-state index contributed by atoms with van der Waals surface area (Å²) in [6.45, 7) is 2.00. The maximum absolute atomic E-state index is 11.8. The SMILES string of the molecule is COc1ccc(COC(=O)C2CC(C)C(=O)N2)cc1. The van der Waals surface area contributed by atoms with Crippen molar-refractivity contribution in [2.45, 2.75) is 26.0 Å². The lowest BCUT2D eigenvalue weighted by Gasteiger charge is -2.10. The number of amides is 1. The van der Waals surface area contributed by atoms with E-state index in [0.29, 0.717) is 6.42 Å². The van der Waals surface area contributed by atoms with Crippen LogP contribution in [-0.4, -0.2) is 25.0 Å². The molecule has 0 radical (unpaired) electrons. The maximum Gasteiger partial charge on any atom is 0.328 e. The molecule has 1 aromatic carbocycles. The van der Waals surface area contributed by atoms with Crippen LogP contribution >= 0.6 is 0 Å². The molecular formula is C14H17NO4. The third kappa shape index (κ3) is 3.24. The van der Waals surface area contributed by atoms with Crippen LogP contribution in [0.1, 0.15) is 18.9 Å². The zero-order valence-electron chi connectivity index (χ0n) is 11.0. The van der Waals surface area contributed by atoms with Crippen molar-refractivity contribution in [3.8, 4) is 5.75 Å². The molecule has 1 heterocycles. The van der Waals surface area contributed by atoms with E-state index in [1.165, 1.54) is 0 Å². The van der Waals surface area contributed by atoms with Crippen molar-refractivity contribution in [3.05, 3.63) is 29.8 Å². The molecule has 1 amide bonds. The predicted octanol–water partition coefficient (Wildman–Crippen LogP) is 1.26. The second kappa shape index (κ2) is 5.73. The van der Waals surface area contributed by atoms with Gasteiger partial charge in [0.2, 0.25) is 5.91 Å². The Bertz CT molecular complexity index is 469. The lowest BCUT2D eigenvalue weighted by atomic mass is 10.1. The molecule has 5 heteroatoms. The fourth-order valence-electron chi connectivity index (χ4n) is 1.97. The molecule has 1 aliphatic rings. The van der Waals surface area contributed by atoms with E-state index in [9.17, 15) is 9.59 Å². The van der Waals surface area contributed by atoms with Crippen molar-refractivity contribution in [1.29, 1.82) is 0 Å². The summed E-state index contributed by atoms with van der Waals surface area (Å²) < 4.78 is 10.2. The molecule has 2 atom stereocenters. The van der Waals surface area contributed by atoms with Crippen LogP contribution in [0.4, 0.5) is 0 Å². The fraction of sp³-hybridized carbons (Fsp3) is 0.429. The lowest BCUT2D eigenvalue weighted by molar-refractivity contribution is -0.147. The molecule has 19 heavy (non-hydrogen) atoms. The summed E-state index contributed by atoms with van der Waals surface area (Å²) in [6, 6.07) is 6.77. The first-order valence-corrected chi connectivity index (χ1v) is 6.20. The smallest absolute Gasteiger partial charge is 0.328 e. The number of hydrogen-bond acceptors (Lipinski definition) is 4. The highest BCUT2D eigenvalue weighted by atomic mass is 16.5. The molecule has 0 bridgehead atoms. The van der Waals surface area contributed by atoms with E-state index < -0.39 is 6.04 Å². The Balaban J connectivity index is 1.84. The van der Waals surface area contributed by atoms with E-state index >= 15 is 0 Å². The molecule has 1 aromatic rings. The van der Waals surface area contributed by atoms with Gasteiger partial charge < -0.3 is 14.8 Å². The number of carbonyl (C=O) groups excluding carboxylic acids is 2. The van der Waals surface area contributed by atoms with Crippen LogP contribution in [0.15, 0.2) is 24.3 Å². The van der Waals surface area contributed by atoms with Crippen LogP contribution in [0.25, 0.3) is 0 Å². The molecule has 5 nitrogen and oxygen atoms in total. The minimum atomic E-state index is -0.513. The van der Waals surface area contributed by atoms with E-state index in [0.717, 1.165) is 11.3 Å². The summed E-state index contributed by atoms with van der Waals surface area (Å²) in [5.41, 5.74) is 0.881. The Kier molecular flexibility index (Phi) is 4.04. The van der Waals surface area contributed by atoms with E-state index in [4.69, 9.17) is 9.47 Å². The molecule has 1 saturated heterocycles. The predicted molar refractivity (Wildman–Crippen MR) is 68.5 cm³/mol. The Morgan fingerprint density at radius 3 is 2.58 bits per heavy atom. The zero-order valence-corrected chi connectivity index (χ0v) is 11.0. The van der Waals surface area contributed by atoms with Gasteiger partial charge >= 0.3 is 5.97 Å². The maximum atomic E-state index is 11.8. The molecule has 0 saturated carbocycles. The molecule has 1 fully saturated rings. The zero-order chi connectivity index (χ0) is 13.8. The highest BCUT2D eigenvalue weighted by Crippen LogP contribution is 2.17. The third-order valence-corrected chi connectivity index (χ3v) is 3.18. The first-order valence-electron chi connectivity index (χ1n) is 6.20. The number of benzene rings is 1. The second-order valence-corrected chi connectivity index (χ2v) is 4.65. The number of carbonyl (C=O) groups is 2. The number of rotatable bonds is 4. The topological polar surface area (TPSA) is 64.6 Å². The number of hydrogen-bond donors (Lipinski definition) is 1. The summed E-state index contributed by atoms with van der Waals surface area (Å²) in [7, 11) is 1.60. The standard InChI is InChI=1S/C14H17NO4/c1-9-7-12(15-13(9)16)14(17)19-8-10-3-5-11(18-2)6-4-10/h3-6,9,12H,7-8H2,1-2H3,(H,15,16). The van der Waals surface area contributed by atoms with Crippen molar-refractivity contribution >= 4 is 11.9 Å². The van der Waals surface area contributed by atoms with Gasteiger partial charge in [-0.2, -0.15) is 0 Å². The minimum Gasteiger partial charge on any atom is -0.497 e. The molecular weight excluding hydrogens is 246 g/mol. The van der Waals surface area contributed by atoms with E-state index in [1.807, 2.05) is 24.3 Å². The molecule has 2 unspecified atom stereocenters. The van der Waals surface area contributed by atoms with Crippen molar-refractivity contribution in [1.82, 2.24) is 5.32 Å². The highest BCUT2D eigenvalue weighted by Gasteiger charge is 2.34. The summed E-state index contributed by atoms with van der Waals surface area (Å²) in [5, 5.41) is 2.62. The van der Waals surface area contributed by atoms with Crippen LogP contribution in [0.2, 0.25) is 0 Å². The van der Waals surface area contributed by atoms with Gasteiger partial charge in [-0.15, -0.1) is 0 Å². The average Bonchev–Trinajstić information content (AvgIpc) is 2.77. The monoisotopic (exact) mass is 263 g/mol. The highest BCUT2D eigenvalue weighted by molar-refractivity contribution is 5.89. The summed E-state index contributed by atoms with van der Waals surface area (Å²) >= 11 is 0. The minimum absolute atomic E-state index is 0.0913. The van der Waals surface area contributed by atoms with Crippen molar-refractivity contribution in [3.63, 3.8) is 0 Å². The Morgan fingerprint density at radius 2 is 2.05 bits per heavy atom. The Morgan fingerprint density at radius 1 is 1.37 bits per heavy atom. The fourth-order valence-corrected chi connectivity index (χ4v) is 1.97. The molecule has 2 rings (SSSR count). The molecule has 0 aliphatic carbocycles. The molecule has 0 aromatic heterocycles. The van der Waals surface area contributed by atoms with Gasteiger partial charge in [-0.05, 0) is 24.1 Å². The molecule has 1 aliphatic heterocycles. The first-order chi connectivity index (χ1) is 9.10. The number of methoxy groups -OCH3 is 1. The van der Waals surface area contributed by atoms with Crippen molar-refractivity contribution in [2.75, 3.05) is 7.11 Å². The van der Waals surface area contributed by atoms with Gasteiger partial charge in [-0.3, -0.25) is 4.79 Å². The summed E-state index contributed by atoms with van der Waals surface area (Å²) in [5.74, 6) is 0.158. The second-order valence-electron chi connectivity index (χ2n) is 4.65. The van der Waals surface area contributed by atoms with Crippen LogP contribution in [0.3, 0.4) is 0 Å². The van der Waals surface area contributed by atoms with Crippen molar-refractivity contribution in [2.24, 2.45) is 5.92 Å². The average molecular weight is 263 g/mol. The number of ether oxygens (including phenoxy) is 2. The molecule has 0 spiro atoms. The molecule has 102 valence electrons. The van der Waals surface area contributed by atoms with Gasteiger partial charge in [0.15, 0.2) is 0 Å². The molecule has 1 N–H and O–H groups in total. The Labute approximate surface area is 111 Å². The first kappa shape index (κ1) is 13.4.